The normalized spacial score (nSPS) is 11.2. The van der Waals surface area contributed by atoms with Crippen molar-refractivity contribution in [2.24, 2.45) is 0 Å². The van der Waals surface area contributed by atoms with Gasteiger partial charge in [-0.2, -0.15) is 0 Å². The molecule has 0 unspecified atom stereocenters. The Hall–Kier alpha value is -2.31. The Bertz CT molecular complexity index is 826. The monoisotopic (exact) mass is 803 g/mol. The third-order valence-corrected chi connectivity index (χ3v) is 9.78. The molecule has 0 aromatic carbocycles. The summed E-state index contributed by atoms with van der Waals surface area (Å²) in [5, 5.41) is 9.70. The number of aliphatic hydroxyl groups excluding tert-OH is 1. The molecule has 12 nitrogen and oxygen atoms in total. The summed E-state index contributed by atoms with van der Waals surface area (Å²) in [6.45, 7) is 14.8. The summed E-state index contributed by atoms with van der Waals surface area (Å²) in [7, 11) is 0. The van der Waals surface area contributed by atoms with Crippen LogP contribution in [0.4, 0.5) is 14.4 Å². The van der Waals surface area contributed by atoms with E-state index in [1.54, 1.807) is 0 Å². The van der Waals surface area contributed by atoms with Crippen LogP contribution in [0.15, 0.2) is 0 Å². The lowest BCUT2D eigenvalue weighted by Gasteiger charge is -2.26. The molecule has 0 radical (unpaired) electrons. The van der Waals surface area contributed by atoms with Gasteiger partial charge in [-0.15, -0.1) is 0 Å². The zero-order chi connectivity index (χ0) is 41.0. The molecule has 0 bridgehead atoms. The summed E-state index contributed by atoms with van der Waals surface area (Å²) in [5.74, 6) is 0. The minimum atomic E-state index is -0.557. The number of ether oxygens (including phenoxy) is 6. The van der Waals surface area contributed by atoms with Crippen molar-refractivity contribution in [1.82, 2.24) is 9.80 Å². The molecule has 0 aromatic rings. The largest absolute Gasteiger partial charge is 0.508 e. The second kappa shape index (κ2) is 43.8. The van der Waals surface area contributed by atoms with E-state index in [-0.39, 0.29) is 6.61 Å². The van der Waals surface area contributed by atoms with Crippen LogP contribution in [-0.2, 0) is 28.4 Å². The number of hydrogen-bond acceptors (Lipinski definition) is 12. The molecule has 0 rings (SSSR count). The molecule has 0 aliphatic carbocycles. The molecule has 1 N–H and O–H groups in total. The highest BCUT2D eigenvalue weighted by atomic mass is 16.7. The average Bonchev–Trinajstić information content (AvgIpc) is 3.19. The highest BCUT2D eigenvalue weighted by Crippen LogP contribution is 2.10. The lowest BCUT2D eigenvalue weighted by atomic mass is 10.1. The van der Waals surface area contributed by atoms with Gasteiger partial charge in [-0.1, -0.05) is 117 Å². The van der Waals surface area contributed by atoms with Gasteiger partial charge in [-0.3, -0.25) is 0 Å². The summed E-state index contributed by atoms with van der Waals surface area (Å²) >= 11 is 0. The van der Waals surface area contributed by atoms with Crippen molar-refractivity contribution in [2.45, 2.75) is 181 Å². The Balaban J connectivity index is 4.43. The van der Waals surface area contributed by atoms with E-state index in [0.29, 0.717) is 46.2 Å². The predicted octanol–water partition coefficient (Wildman–Crippen LogP) is 10.9. The van der Waals surface area contributed by atoms with E-state index < -0.39 is 18.5 Å². The Morgan fingerprint density at radius 3 is 0.821 bits per heavy atom. The van der Waals surface area contributed by atoms with Crippen molar-refractivity contribution in [2.75, 3.05) is 85.5 Å². The lowest BCUT2D eigenvalue weighted by Crippen LogP contribution is -2.33. The SMILES string of the molecule is CCCCCCOC(=O)OCCCCCCN(CCO)CCCN(CCCCCCOC(=O)OCCCCCC)CCCCCCOC(=O)OCCCCCC. The first-order valence-electron chi connectivity index (χ1n) is 22.9. The maximum Gasteiger partial charge on any atom is 0.508 e. The fourth-order valence-electron chi connectivity index (χ4n) is 6.35. The molecule has 12 heteroatoms. The molecule has 0 heterocycles. The van der Waals surface area contributed by atoms with Crippen LogP contribution in [0.1, 0.15) is 181 Å². The first kappa shape index (κ1) is 53.7. The number of hydrogen-bond donors (Lipinski definition) is 1. The van der Waals surface area contributed by atoms with Crippen molar-refractivity contribution < 1.29 is 47.9 Å². The lowest BCUT2D eigenvalue weighted by molar-refractivity contribution is 0.0519. The number of nitrogens with zero attached hydrogens (tertiary/aromatic N) is 2. The van der Waals surface area contributed by atoms with Gasteiger partial charge in [0.05, 0.1) is 46.2 Å². The van der Waals surface area contributed by atoms with Gasteiger partial charge in [0.2, 0.25) is 0 Å². The van der Waals surface area contributed by atoms with E-state index in [0.717, 1.165) is 193 Å². The van der Waals surface area contributed by atoms with Gasteiger partial charge in [0, 0.05) is 6.54 Å². The van der Waals surface area contributed by atoms with Gasteiger partial charge >= 0.3 is 18.5 Å². The van der Waals surface area contributed by atoms with Crippen molar-refractivity contribution in [1.29, 1.82) is 0 Å². The quantitative estimate of drug-likeness (QED) is 0.0358. The molecule has 0 saturated carbocycles. The molecule has 0 aliphatic heterocycles. The predicted molar refractivity (Wildman–Crippen MR) is 224 cm³/mol. The molecule has 56 heavy (non-hydrogen) atoms. The molecule has 0 amide bonds. The third-order valence-electron chi connectivity index (χ3n) is 9.78. The van der Waals surface area contributed by atoms with E-state index in [1.807, 2.05) is 0 Å². The zero-order valence-corrected chi connectivity index (χ0v) is 36.4. The topological polar surface area (TPSA) is 133 Å². The highest BCUT2D eigenvalue weighted by molar-refractivity contribution is 5.60. The van der Waals surface area contributed by atoms with Crippen LogP contribution >= 0.6 is 0 Å². The molecule has 0 spiro atoms. The summed E-state index contributed by atoms with van der Waals surface area (Å²) in [6.07, 6.45) is 24.2. The number of rotatable bonds is 42. The van der Waals surface area contributed by atoms with Gasteiger partial charge in [0.25, 0.3) is 0 Å². The maximum absolute atomic E-state index is 11.8. The van der Waals surface area contributed by atoms with E-state index in [9.17, 15) is 19.5 Å². The highest BCUT2D eigenvalue weighted by Gasteiger charge is 2.10. The standard InChI is InChI=1S/C44H86N2O10/c1-4-7-10-22-36-51-42(48)54-39-25-16-13-19-29-45(30-20-14-17-26-40-55-43(49)52-37-23-11-8-5-2)32-28-33-46(34-35-47)31-21-15-18-27-41-56-44(50)53-38-24-12-9-6-3/h47H,4-41H2,1-3H3. The summed E-state index contributed by atoms with van der Waals surface area (Å²) in [4.78, 5) is 40.2. The number of carbonyl (C=O) groups is 3. The Morgan fingerprint density at radius 2 is 0.554 bits per heavy atom. The fourth-order valence-corrected chi connectivity index (χ4v) is 6.35. The van der Waals surface area contributed by atoms with Gasteiger partial charge < -0.3 is 43.3 Å². The first-order chi connectivity index (χ1) is 27.5. The smallest absolute Gasteiger partial charge is 0.434 e. The Morgan fingerprint density at radius 1 is 0.321 bits per heavy atom. The van der Waals surface area contributed by atoms with E-state index in [1.165, 1.54) is 0 Å². The number of aliphatic hydroxyl groups is 1. The van der Waals surface area contributed by atoms with Gasteiger partial charge in [-0.25, -0.2) is 14.4 Å². The Kier molecular flexibility index (Phi) is 42.0. The zero-order valence-electron chi connectivity index (χ0n) is 36.4. The second-order valence-corrected chi connectivity index (χ2v) is 15.0. The molecular formula is C44H86N2O10. The van der Waals surface area contributed by atoms with Gasteiger partial charge in [0.1, 0.15) is 0 Å². The van der Waals surface area contributed by atoms with E-state index in [2.05, 4.69) is 30.6 Å². The molecule has 0 aromatic heterocycles. The number of carbonyl (C=O) groups excluding carboxylic acids is 3. The van der Waals surface area contributed by atoms with Crippen LogP contribution in [0, 0.1) is 0 Å². The van der Waals surface area contributed by atoms with Crippen molar-refractivity contribution in [3.05, 3.63) is 0 Å². The summed E-state index contributed by atoms with van der Waals surface area (Å²) in [5.41, 5.74) is 0. The van der Waals surface area contributed by atoms with Crippen LogP contribution in [0.2, 0.25) is 0 Å². The molecule has 0 fully saturated rings. The van der Waals surface area contributed by atoms with Crippen molar-refractivity contribution >= 4 is 18.5 Å². The summed E-state index contributed by atoms with van der Waals surface area (Å²) < 4.78 is 31.1. The van der Waals surface area contributed by atoms with Crippen LogP contribution in [0.3, 0.4) is 0 Å². The number of unbranched alkanes of at least 4 members (excludes halogenated alkanes) is 18. The van der Waals surface area contributed by atoms with Crippen LogP contribution in [0.5, 0.6) is 0 Å². The van der Waals surface area contributed by atoms with Crippen LogP contribution in [0.25, 0.3) is 0 Å². The molecule has 0 aliphatic rings. The molecule has 332 valence electrons. The fraction of sp³-hybridized carbons (Fsp3) is 0.932. The van der Waals surface area contributed by atoms with Crippen LogP contribution < -0.4 is 0 Å². The van der Waals surface area contributed by atoms with Crippen molar-refractivity contribution in [3.8, 4) is 0 Å². The maximum atomic E-state index is 11.8. The third kappa shape index (κ3) is 39.9. The van der Waals surface area contributed by atoms with E-state index in [4.69, 9.17) is 28.4 Å². The minimum absolute atomic E-state index is 0.152. The minimum Gasteiger partial charge on any atom is -0.434 e. The molecular weight excluding hydrogens is 716 g/mol. The first-order valence-corrected chi connectivity index (χ1v) is 22.9. The van der Waals surface area contributed by atoms with Gasteiger partial charge in [0.15, 0.2) is 0 Å². The van der Waals surface area contributed by atoms with E-state index >= 15 is 0 Å². The van der Waals surface area contributed by atoms with Crippen molar-refractivity contribution in [3.63, 3.8) is 0 Å². The molecule has 0 saturated heterocycles. The average molecular weight is 803 g/mol. The van der Waals surface area contributed by atoms with Crippen LogP contribution in [-0.4, -0.2) is 119 Å². The molecule has 0 atom stereocenters. The second-order valence-electron chi connectivity index (χ2n) is 15.0. The Labute approximate surface area is 342 Å². The van der Waals surface area contributed by atoms with Gasteiger partial charge in [-0.05, 0) is 96.9 Å². The summed E-state index contributed by atoms with van der Waals surface area (Å²) in [6, 6.07) is 0.